The van der Waals surface area contributed by atoms with Gasteiger partial charge in [-0.1, -0.05) is 35.9 Å². The minimum atomic E-state index is -0.511. The lowest BCUT2D eigenvalue weighted by atomic mass is 10.2. The first-order valence-electron chi connectivity index (χ1n) is 9.16. The summed E-state index contributed by atoms with van der Waals surface area (Å²) in [6.07, 6.45) is 1.49. The Morgan fingerprint density at radius 1 is 1.03 bits per heavy atom. The number of rotatable bonds is 9. The van der Waals surface area contributed by atoms with Gasteiger partial charge in [-0.2, -0.15) is 5.10 Å². The number of halogens is 1. The van der Waals surface area contributed by atoms with E-state index in [1.54, 1.807) is 18.2 Å². The van der Waals surface area contributed by atoms with Gasteiger partial charge in [0.05, 0.1) is 11.1 Å². The second-order valence-corrected chi connectivity index (χ2v) is 6.76. The van der Waals surface area contributed by atoms with Crippen molar-refractivity contribution in [2.24, 2.45) is 5.10 Å². The van der Waals surface area contributed by atoms with Crippen molar-refractivity contribution in [3.05, 3.63) is 99.1 Å². The number of carbonyl (C=O) groups is 1. The molecule has 0 radical (unpaired) electrons. The van der Waals surface area contributed by atoms with Gasteiger partial charge in [0.2, 0.25) is 0 Å². The molecule has 0 unspecified atom stereocenters. The van der Waals surface area contributed by atoms with E-state index >= 15 is 0 Å². The first kappa shape index (κ1) is 21.8. The molecule has 0 aliphatic heterocycles. The number of benzene rings is 3. The summed E-state index contributed by atoms with van der Waals surface area (Å²) in [5, 5.41) is 15.2. The van der Waals surface area contributed by atoms with E-state index in [2.05, 4.69) is 10.5 Å². The number of amides is 1. The Balaban J connectivity index is 1.45. The molecule has 0 spiro atoms. The fourth-order valence-electron chi connectivity index (χ4n) is 2.46. The van der Waals surface area contributed by atoms with Crippen LogP contribution in [0, 0.1) is 10.1 Å². The maximum Gasteiger partial charge on any atom is 0.277 e. The fraction of sp³-hybridized carbons (Fsp3) is 0.0909. The predicted octanol–water partition coefficient (Wildman–Crippen LogP) is 4.36. The van der Waals surface area contributed by atoms with Crippen molar-refractivity contribution in [2.75, 3.05) is 6.61 Å². The summed E-state index contributed by atoms with van der Waals surface area (Å²) in [4.78, 5) is 21.9. The van der Waals surface area contributed by atoms with Crippen LogP contribution in [0.15, 0.2) is 77.9 Å². The summed E-state index contributed by atoms with van der Waals surface area (Å²) in [5.41, 5.74) is 4.03. The number of nitro groups is 1. The van der Waals surface area contributed by atoms with E-state index < -0.39 is 10.8 Å². The van der Waals surface area contributed by atoms with Crippen LogP contribution in [-0.4, -0.2) is 23.7 Å². The Bertz CT molecular complexity index is 1070. The third-order valence-electron chi connectivity index (χ3n) is 4.00. The molecular formula is C22H18ClN3O5. The van der Waals surface area contributed by atoms with Crippen molar-refractivity contribution >= 4 is 29.4 Å². The van der Waals surface area contributed by atoms with Crippen molar-refractivity contribution in [3.8, 4) is 11.5 Å². The molecule has 8 nitrogen and oxygen atoms in total. The number of nitrogens with zero attached hydrogens (tertiary/aromatic N) is 2. The monoisotopic (exact) mass is 439 g/mol. The van der Waals surface area contributed by atoms with Crippen molar-refractivity contribution in [1.82, 2.24) is 5.43 Å². The molecule has 3 rings (SSSR count). The van der Waals surface area contributed by atoms with E-state index in [1.165, 1.54) is 30.5 Å². The molecule has 1 amide bonds. The van der Waals surface area contributed by atoms with Crippen molar-refractivity contribution in [3.63, 3.8) is 0 Å². The molecule has 0 saturated heterocycles. The lowest BCUT2D eigenvalue weighted by Crippen LogP contribution is -2.24. The standard InChI is InChI=1S/C22H18ClN3O5/c23-18-6-4-16(5-7-18)14-30-21-3-1-2-17(12-21)13-24-25-22(27)15-31-20-10-8-19(9-11-20)26(28)29/h1-13H,14-15H2,(H,25,27)/b24-13+. The maximum atomic E-state index is 11.8. The molecule has 9 heteroatoms. The van der Waals surface area contributed by atoms with Gasteiger partial charge in [0.25, 0.3) is 11.6 Å². The van der Waals surface area contributed by atoms with Crippen LogP contribution in [0.1, 0.15) is 11.1 Å². The third-order valence-corrected chi connectivity index (χ3v) is 4.25. The number of hydrogen-bond donors (Lipinski definition) is 1. The zero-order valence-corrected chi connectivity index (χ0v) is 17.0. The van der Waals surface area contributed by atoms with E-state index in [-0.39, 0.29) is 12.3 Å². The smallest absolute Gasteiger partial charge is 0.277 e. The second kappa shape index (κ2) is 10.7. The van der Waals surface area contributed by atoms with Gasteiger partial charge in [0, 0.05) is 17.2 Å². The minimum Gasteiger partial charge on any atom is -0.489 e. The van der Waals surface area contributed by atoms with Crippen molar-refractivity contribution in [1.29, 1.82) is 0 Å². The van der Waals surface area contributed by atoms with E-state index in [1.807, 2.05) is 30.3 Å². The minimum absolute atomic E-state index is 0.0548. The number of carbonyl (C=O) groups excluding carboxylic acids is 1. The van der Waals surface area contributed by atoms with E-state index in [9.17, 15) is 14.9 Å². The van der Waals surface area contributed by atoms with Gasteiger partial charge in [0.15, 0.2) is 6.61 Å². The number of nitrogens with one attached hydrogen (secondary N) is 1. The van der Waals surface area contributed by atoms with Crippen LogP contribution in [0.5, 0.6) is 11.5 Å². The molecule has 0 heterocycles. The summed E-state index contributed by atoms with van der Waals surface area (Å²) in [7, 11) is 0. The van der Waals surface area contributed by atoms with Gasteiger partial charge < -0.3 is 9.47 Å². The molecule has 0 aliphatic rings. The van der Waals surface area contributed by atoms with E-state index in [0.717, 1.165) is 11.1 Å². The molecule has 0 atom stereocenters. The summed E-state index contributed by atoms with van der Waals surface area (Å²) in [5.74, 6) is 0.534. The number of hydrazone groups is 1. The van der Waals surface area contributed by atoms with Crippen molar-refractivity contribution in [2.45, 2.75) is 6.61 Å². The topological polar surface area (TPSA) is 103 Å². The summed E-state index contributed by atoms with van der Waals surface area (Å²) < 4.78 is 11.0. The Morgan fingerprint density at radius 3 is 2.48 bits per heavy atom. The summed E-state index contributed by atoms with van der Waals surface area (Å²) in [6.45, 7) is 0.119. The van der Waals surface area contributed by atoms with Crippen LogP contribution < -0.4 is 14.9 Å². The lowest BCUT2D eigenvalue weighted by Gasteiger charge is -2.07. The molecule has 3 aromatic carbocycles. The normalized spacial score (nSPS) is 10.6. The molecule has 0 aliphatic carbocycles. The van der Waals surface area contributed by atoms with Gasteiger partial charge in [0.1, 0.15) is 18.1 Å². The van der Waals surface area contributed by atoms with Gasteiger partial charge in [-0.25, -0.2) is 5.43 Å². The van der Waals surface area contributed by atoms with Crippen LogP contribution in [-0.2, 0) is 11.4 Å². The van der Waals surface area contributed by atoms with Crippen LogP contribution in [0.4, 0.5) is 5.69 Å². The van der Waals surface area contributed by atoms with Gasteiger partial charge >= 0.3 is 0 Å². The maximum absolute atomic E-state index is 11.8. The average Bonchev–Trinajstić information content (AvgIpc) is 2.78. The first-order chi connectivity index (χ1) is 15.0. The highest BCUT2D eigenvalue weighted by Gasteiger charge is 2.06. The molecule has 3 aromatic rings. The molecule has 31 heavy (non-hydrogen) atoms. The molecule has 0 saturated carbocycles. The molecule has 158 valence electrons. The van der Waals surface area contributed by atoms with E-state index in [0.29, 0.717) is 23.1 Å². The second-order valence-electron chi connectivity index (χ2n) is 6.32. The molecule has 0 fully saturated rings. The SMILES string of the molecule is O=C(COc1ccc([N+](=O)[O-])cc1)N/N=C/c1cccc(OCc2ccc(Cl)cc2)c1. The average molecular weight is 440 g/mol. The zero-order valence-electron chi connectivity index (χ0n) is 16.2. The molecule has 0 aromatic heterocycles. The van der Waals surface area contributed by atoms with Crippen LogP contribution >= 0.6 is 11.6 Å². The Labute approximate surface area is 183 Å². The fourth-order valence-corrected chi connectivity index (χ4v) is 2.58. The van der Waals surface area contributed by atoms with Gasteiger partial charge in [-0.05, 0) is 47.5 Å². The number of ether oxygens (including phenoxy) is 2. The molecule has 1 N–H and O–H groups in total. The first-order valence-corrected chi connectivity index (χ1v) is 9.54. The third kappa shape index (κ3) is 7.13. The summed E-state index contributed by atoms with van der Waals surface area (Å²) in [6, 6.07) is 20.1. The van der Waals surface area contributed by atoms with Crippen LogP contribution in [0.25, 0.3) is 0 Å². The Morgan fingerprint density at radius 2 is 1.77 bits per heavy atom. The largest absolute Gasteiger partial charge is 0.489 e. The highest BCUT2D eigenvalue weighted by molar-refractivity contribution is 6.30. The quantitative estimate of drug-likeness (QED) is 0.303. The molecule has 0 bridgehead atoms. The number of hydrogen-bond acceptors (Lipinski definition) is 6. The number of nitro benzene ring substituents is 1. The van der Waals surface area contributed by atoms with Crippen LogP contribution in [0.2, 0.25) is 5.02 Å². The van der Waals surface area contributed by atoms with E-state index in [4.69, 9.17) is 21.1 Å². The number of non-ortho nitro benzene ring substituents is 1. The highest BCUT2D eigenvalue weighted by Crippen LogP contribution is 2.17. The van der Waals surface area contributed by atoms with Crippen molar-refractivity contribution < 1.29 is 19.2 Å². The lowest BCUT2D eigenvalue weighted by molar-refractivity contribution is -0.384. The van der Waals surface area contributed by atoms with Gasteiger partial charge in [-0.15, -0.1) is 0 Å². The Hall–Kier alpha value is -3.91. The highest BCUT2D eigenvalue weighted by atomic mass is 35.5. The summed E-state index contributed by atoms with van der Waals surface area (Å²) >= 11 is 5.87. The molecular weight excluding hydrogens is 422 g/mol. The predicted molar refractivity (Wildman–Crippen MR) is 117 cm³/mol. The van der Waals surface area contributed by atoms with Gasteiger partial charge in [-0.3, -0.25) is 14.9 Å². The zero-order chi connectivity index (χ0) is 22.1. The Kier molecular flexibility index (Phi) is 7.56. The van der Waals surface area contributed by atoms with Crippen LogP contribution in [0.3, 0.4) is 0 Å².